The number of halogens is 3. The molecule has 9 heteroatoms. The molecular formula is C24H21F3N2O4. The highest BCUT2D eigenvalue weighted by molar-refractivity contribution is 5.99. The van der Waals surface area contributed by atoms with Gasteiger partial charge in [0.25, 0.3) is 11.8 Å². The molecular weight excluding hydrogens is 437 g/mol. The van der Waals surface area contributed by atoms with Crippen molar-refractivity contribution >= 4 is 11.8 Å². The highest BCUT2D eigenvalue weighted by atomic mass is 19.4. The molecule has 0 bridgehead atoms. The van der Waals surface area contributed by atoms with Gasteiger partial charge in [-0.2, -0.15) is 0 Å². The number of ether oxygens (including phenoxy) is 2. The third-order valence-electron chi connectivity index (χ3n) is 4.56. The number of hydrogen-bond acceptors (Lipinski definition) is 4. The van der Waals surface area contributed by atoms with Crippen LogP contribution < -0.4 is 20.1 Å². The molecule has 172 valence electrons. The second kappa shape index (κ2) is 10.5. The Kier molecular flexibility index (Phi) is 7.55. The summed E-state index contributed by atoms with van der Waals surface area (Å²) in [5.41, 5.74) is 1.82. The van der Waals surface area contributed by atoms with E-state index in [0.717, 1.165) is 5.56 Å². The van der Waals surface area contributed by atoms with Crippen LogP contribution in [0.4, 0.5) is 13.2 Å². The topological polar surface area (TPSA) is 76.7 Å². The molecule has 0 spiro atoms. The fraction of sp³-hybridized carbons (Fsp3) is 0.167. The minimum Gasteiger partial charge on any atom is -0.497 e. The molecule has 0 unspecified atom stereocenters. The summed E-state index contributed by atoms with van der Waals surface area (Å²) >= 11 is 0. The molecule has 6 nitrogen and oxygen atoms in total. The molecule has 0 heterocycles. The Morgan fingerprint density at radius 3 is 1.76 bits per heavy atom. The zero-order valence-electron chi connectivity index (χ0n) is 17.6. The highest BCUT2D eigenvalue weighted by Gasteiger charge is 2.31. The van der Waals surface area contributed by atoms with Gasteiger partial charge in [-0.05, 0) is 53.6 Å². The van der Waals surface area contributed by atoms with E-state index in [9.17, 15) is 22.8 Å². The van der Waals surface area contributed by atoms with Crippen molar-refractivity contribution in [2.24, 2.45) is 0 Å². The molecule has 0 aliphatic rings. The summed E-state index contributed by atoms with van der Waals surface area (Å²) in [5.74, 6) is -0.524. The number of benzene rings is 3. The quantitative estimate of drug-likeness (QED) is 0.523. The largest absolute Gasteiger partial charge is 0.573 e. The van der Waals surface area contributed by atoms with E-state index in [1.807, 2.05) is 12.1 Å². The number of rotatable bonds is 8. The lowest BCUT2D eigenvalue weighted by Crippen LogP contribution is -2.25. The molecule has 0 aliphatic heterocycles. The summed E-state index contributed by atoms with van der Waals surface area (Å²) in [6.45, 7) is 0.267. The normalized spacial score (nSPS) is 10.9. The first-order chi connectivity index (χ1) is 15.7. The van der Waals surface area contributed by atoms with Crippen LogP contribution in [0.1, 0.15) is 31.8 Å². The third-order valence-corrected chi connectivity index (χ3v) is 4.56. The Labute approximate surface area is 188 Å². The van der Waals surface area contributed by atoms with Gasteiger partial charge in [-0.25, -0.2) is 0 Å². The summed E-state index contributed by atoms with van der Waals surface area (Å²) in [6.07, 6.45) is -4.80. The van der Waals surface area contributed by atoms with Crippen LogP contribution in [0, 0.1) is 0 Å². The molecule has 0 saturated heterocycles. The molecule has 0 atom stereocenters. The monoisotopic (exact) mass is 458 g/mol. The molecule has 3 rings (SSSR count). The molecule has 0 aromatic heterocycles. The van der Waals surface area contributed by atoms with Crippen molar-refractivity contribution in [2.45, 2.75) is 19.5 Å². The van der Waals surface area contributed by atoms with E-state index in [-0.39, 0.29) is 30.3 Å². The van der Waals surface area contributed by atoms with E-state index in [4.69, 9.17) is 4.74 Å². The van der Waals surface area contributed by atoms with E-state index in [2.05, 4.69) is 15.4 Å². The van der Waals surface area contributed by atoms with Crippen LogP contribution in [-0.4, -0.2) is 25.3 Å². The van der Waals surface area contributed by atoms with E-state index in [1.54, 1.807) is 37.4 Å². The number of methoxy groups -OCH3 is 1. The SMILES string of the molecule is COc1cccc(CNC(=O)c2cccc(C(=O)NCc3cccc(OC(F)(F)F)c3)c2)c1. The summed E-state index contributed by atoms with van der Waals surface area (Å²) < 4.78 is 46.1. The van der Waals surface area contributed by atoms with Crippen molar-refractivity contribution in [3.63, 3.8) is 0 Å². The third kappa shape index (κ3) is 7.27. The predicted molar refractivity (Wildman–Crippen MR) is 115 cm³/mol. The van der Waals surface area contributed by atoms with Crippen LogP contribution in [0.2, 0.25) is 0 Å². The maximum Gasteiger partial charge on any atom is 0.573 e. The van der Waals surface area contributed by atoms with Gasteiger partial charge < -0.3 is 20.1 Å². The highest BCUT2D eigenvalue weighted by Crippen LogP contribution is 2.23. The van der Waals surface area contributed by atoms with Crippen molar-refractivity contribution in [2.75, 3.05) is 7.11 Å². The molecule has 2 amide bonds. The van der Waals surface area contributed by atoms with Crippen molar-refractivity contribution in [3.8, 4) is 11.5 Å². The van der Waals surface area contributed by atoms with Crippen LogP contribution in [0.3, 0.4) is 0 Å². The van der Waals surface area contributed by atoms with Gasteiger partial charge in [0.1, 0.15) is 11.5 Å². The lowest BCUT2D eigenvalue weighted by molar-refractivity contribution is -0.274. The van der Waals surface area contributed by atoms with Gasteiger partial charge >= 0.3 is 6.36 Å². The number of alkyl halides is 3. The first-order valence-corrected chi connectivity index (χ1v) is 9.87. The predicted octanol–water partition coefficient (Wildman–Crippen LogP) is 4.45. The van der Waals surface area contributed by atoms with Crippen LogP contribution in [0.15, 0.2) is 72.8 Å². The van der Waals surface area contributed by atoms with E-state index < -0.39 is 12.3 Å². The Morgan fingerprint density at radius 1 is 0.758 bits per heavy atom. The van der Waals surface area contributed by atoms with Gasteiger partial charge in [0.2, 0.25) is 0 Å². The molecule has 3 aromatic rings. The Hall–Kier alpha value is -4.01. The van der Waals surface area contributed by atoms with E-state index >= 15 is 0 Å². The van der Waals surface area contributed by atoms with E-state index in [1.165, 1.54) is 30.3 Å². The Balaban J connectivity index is 1.59. The Morgan fingerprint density at radius 2 is 1.24 bits per heavy atom. The fourth-order valence-electron chi connectivity index (χ4n) is 3.01. The number of hydrogen-bond donors (Lipinski definition) is 2. The maximum atomic E-state index is 12.5. The first kappa shape index (κ1) is 23.6. The maximum absolute atomic E-state index is 12.5. The lowest BCUT2D eigenvalue weighted by Gasteiger charge is -2.11. The van der Waals surface area contributed by atoms with Crippen molar-refractivity contribution in [1.82, 2.24) is 10.6 Å². The molecule has 2 N–H and O–H groups in total. The smallest absolute Gasteiger partial charge is 0.497 e. The molecule has 0 aliphatic carbocycles. The Bertz CT molecular complexity index is 1130. The average Bonchev–Trinajstić information content (AvgIpc) is 2.80. The number of nitrogens with one attached hydrogen (secondary N) is 2. The number of amides is 2. The molecule has 0 fully saturated rings. The average molecular weight is 458 g/mol. The second-order valence-corrected chi connectivity index (χ2v) is 6.99. The van der Waals surface area contributed by atoms with Gasteiger partial charge in [-0.15, -0.1) is 13.2 Å². The van der Waals surface area contributed by atoms with Gasteiger partial charge in [0.05, 0.1) is 7.11 Å². The molecule has 33 heavy (non-hydrogen) atoms. The lowest BCUT2D eigenvalue weighted by atomic mass is 10.1. The van der Waals surface area contributed by atoms with Gasteiger partial charge in [0, 0.05) is 24.2 Å². The standard InChI is InChI=1S/C24H21F3N2O4/c1-32-20-9-2-5-16(11-20)14-28-22(30)18-7-4-8-19(13-18)23(31)29-15-17-6-3-10-21(12-17)33-24(25,26)27/h2-13H,14-15H2,1H3,(H,28,30)(H,29,31). The van der Waals surface area contributed by atoms with E-state index in [0.29, 0.717) is 16.9 Å². The molecule has 3 aromatic carbocycles. The van der Waals surface area contributed by atoms with Crippen LogP contribution in [0.5, 0.6) is 11.5 Å². The fourth-order valence-corrected chi connectivity index (χ4v) is 3.01. The van der Waals surface area contributed by atoms with Gasteiger partial charge in [-0.3, -0.25) is 9.59 Å². The van der Waals surface area contributed by atoms with Crippen LogP contribution in [0.25, 0.3) is 0 Å². The number of carbonyl (C=O) groups excluding carboxylic acids is 2. The van der Waals surface area contributed by atoms with Crippen LogP contribution >= 0.6 is 0 Å². The zero-order chi connectivity index (χ0) is 23.8. The van der Waals surface area contributed by atoms with Crippen molar-refractivity contribution < 1.29 is 32.2 Å². The van der Waals surface area contributed by atoms with Gasteiger partial charge in [-0.1, -0.05) is 30.3 Å². The van der Waals surface area contributed by atoms with Gasteiger partial charge in [0.15, 0.2) is 0 Å². The van der Waals surface area contributed by atoms with Crippen molar-refractivity contribution in [1.29, 1.82) is 0 Å². The number of carbonyl (C=O) groups is 2. The summed E-state index contributed by atoms with van der Waals surface area (Å²) in [6, 6.07) is 18.7. The minimum atomic E-state index is -4.80. The minimum absolute atomic E-state index is 0.0137. The molecule has 0 saturated carbocycles. The van der Waals surface area contributed by atoms with Crippen molar-refractivity contribution in [3.05, 3.63) is 95.1 Å². The first-order valence-electron chi connectivity index (χ1n) is 9.87. The summed E-state index contributed by atoms with van der Waals surface area (Å²) in [4.78, 5) is 25.0. The molecule has 0 radical (unpaired) electrons. The second-order valence-electron chi connectivity index (χ2n) is 6.99. The summed E-state index contributed by atoms with van der Waals surface area (Å²) in [7, 11) is 1.56. The summed E-state index contributed by atoms with van der Waals surface area (Å²) in [5, 5.41) is 5.40. The zero-order valence-corrected chi connectivity index (χ0v) is 17.6. The van der Waals surface area contributed by atoms with Crippen LogP contribution in [-0.2, 0) is 13.1 Å².